The molecule has 4 aliphatic rings. The van der Waals surface area contributed by atoms with Crippen LogP contribution in [0.15, 0.2) is 29.2 Å². The summed E-state index contributed by atoms with van der Waals surface area (Å²) in [6.07, 6.45) is 7.72. The molecule has 1 aromatic rings. The number of methoxy groups -OCH3 is 1. The van der Waals surface area contributed by atoms with Gasteiger partial charge in [0.25, 0.3) is 0 Å². The Morgan fingerprint density at radius 1 is 1.04 bits per heavy atom. The summed E-state index contributed by atoms with van der Waals surface area (Å²) in [4.78, 5) is 0.319. The van der Waals surface area contributed by atoms with Gasteiger partial charge in [-0.1, -0.05) is 0 Å². The van der Waals surface area contributed by atoms with E-state index in [2.05, 4.69) is 11.6 Å². The van der Waals surface area contributed by atoms with E-state index in [1.165, 1.54) is 38.5 Å². The van der Waals surface area contributed by atoms with E-state index >= 15 is 0 Å². The van der Waals surface area contributed by atoms with Crippen LogP contribution in [0.3, 0.4) is 0 Å². The van der Waals surface area contributed by atoms with E-state index in [0.717, 1.165) is 17.8 Å². The lowest BCUT2D eigenvalue weighted by atomic mass is 9.48. The van der Waals surface area contributed by atoms with Crippen molar-refractivity contribution in [3.63, 3.8) is 0 Å². The fourth-order valence-electron chi connectivity index (χ4n) is 5.89. The van der Waals surface area contributed by atoms with Crippen LogP contribution in [0.1, 0.15) is 45.4 Å². The lowest BCUT2D eigenvalue weighted by Crippen LogP contribution is -2.55. The molecule has 1 aromatic carbocycles. The van der Waals surface area contributed by atoms with E-state index in [9.17, 15) is 8.42 Å². The fourth-order valence-corrected chi connectivity index (χ4v) is 7.23. The van der Waals surface area contributed by atoms with E-state index in [1.54, 1.807) is 31.4 Å². The van der Waals surface area contributed by atoms with E-state index in [4.69, 9.17) is 4.74 Å². The van der Waals surface area contributed by atoms with Crippen molar-refractivity contribution in [3.8, 4) is 5.75 Å². The maximum absolute atomic E-state index is 12.8. The van der Waals surface area contributed by atoms with Gasteiger partial charge in [-0.3, -0.25) is 0 Å². The van der Waals surface area contributed by atoms with Crippen LogP contribution in [-0.2, 0) is 10.0 Å². The second kappa shape index (κ2) is 5.73. The maximum atomic E-state index is 12.8. The summed E-state index contributed by atoms with van der Waals surface area (Å²) in [5.41, 5.74) is 0.175. The molecule has 4 saturated carbocycles. The highest BCUT2D eigenvalue weighted by Gasteiger charge is 2.53. The molecule has 5 rings (SSSR count). The number of benzene rings is 1. The average molecular weight is 349 g/mol. The molecule has 0 heterocycles. The minimum absolute atomic E-state index is 0.00185. The SMILES string of the molecule is COc1ccc(S(=O)(=O)N[C@@H](C)C23CC4CC(CC(C4)C2)C3)cc1. The summed E-state index contributed by atoms with van der Waals surface area (Å²) in [6.45, 7) is 2.08. The predicted octanol–water partition coefficient (Wildman–Crippen LogP) is 3.58. The van der Waals surface area contributed by atoms with Crippen molar-refractivity contribution in [2.75, 3.05) is 7.11 Å². The molecular weight excluding hydrogens is 322 g/mol. The van der Waals surface area contributed by atoms with Gasteiger partial charge < -0.3 is 4.74 Å². The Hall–Kier alpha value is -1.07. The van der Waals surface area contributed by atoms with Crippen molar-refractivity contribution < 1.29 is 13.2 Å². The second-order valence-corrected chi connectivity index (χ2v) is 10.0. The molecule has 132 valence electrons. The lowest BCUT2D eigenvalue weighted by Gasteiger charge is -2.59. The average Bonchev–Trinajstić information content (AvgIpc) is 2.53. The van der Waals surface area contributed by atoms with Crippen LogP contribution in [0.25, 0.3) is 0 Å². The van der Waals surface area contributed by atoms with Crippen LogP contribution in [0.4, 0.5) is 0 Å². The maximum Gasteiger partial charge on any atom is 0.240 e. The number of hydrogen-bond acceptors (Lipinski definition) is 3. The molecule has 1 atom stereocenters. The number of nitrogens with one attached hydrogen (secondary N) is 1. The second-order valence-electron chi connectivity index (χ2n) is 8.30. The summed E-state index contributed by atoms with van der Waals surface area (Å²) in [6, 6.07) is 6.63. The normalized spacial score (nSPS) is 35.8. The van der Waals surface area contributed by atoms with Gasteiger partial charge in [-0.05, 0) is 92.9 Å². The van der Waals surface area contributed by atoms with Crippen LogP contribution < -0.4 is 9.46 Å². The van der Waals surface area contributed by atoms with Gasteiger partial charge in [0.1, 0.15) is 5.75 Å². The van der Waals surface area contributed by atoms with Crippen LogP contribution in [0, 0.1) is 23.2 Å². The van der Waals surface area contributed by atoms with Gasteiger partial charge in [0.15, 0.2) is 0 Å². The Balaban J connectivity index is 1.53. The third kappa shape index (κ3) is 2.76. The van der Waals surface area contributed by atoms with Crippen LogP contribution in [-0.4, -0.2) is 21.6 Å². The molecule has 0 aliphatic heterocycles. The van der Waals surface area contributed by atoms with E-state index in [-0.39, 0.29) is 11.5 Å². The molecule has 4 bridgehead atoms. The summed E-state index contributed by atoms with van der Waals surface area (Å²) in [7, 11) is -1.90. The number of rotatable bonds is 5. The molecule has 4 nitrogen and oxygen atoms in total. The Kier molecular flexibility index (Phi) is 3.92. The van der Waals surface area contributed by atoms with Crippen molar-refractivity contribution in [3.05, 3.63) is 24.3 Å². The van der Waals surface area contributed by atoms with Gasteiger partial charge >= 0.3 is 0 Å². The number of ether oxygens (including phenoxy) is 1. The fraction of sp³-hybridized carbons (Fsp3) is 0.684. The Morgan fingerprint density at radius 2 is 1.54 bits per heavy atom. The number of hydrogen-bond donors (Lipinski definition) is 1. The Labute approximate surface area is 145 Å². The van der Waals surface area contributed by atoms with Gasteiger partial charge in [0.2, 0.25) is 10.0 Å². The molecule has 4 fully saturated rings. The highest BCUT2D eigenvalue weighted by Crippen LogP contribution is 2.61. The molecule has 0 spiro atoms. The largest absolute Gasteiger partial charge is 0.497 e. The van der Waals surface area contributed by atoms with Crippen LogP contribution in [0.5, 0.6) is 5.75 Å². The summed E-state index contributed by atoms with van der Waals surface area (Å²) >= 11 is 0. The van der Waals surface area contributed by atoms with Crippen molar-refractivity contribution >= 4 is 10.0 Å². The Bertz CT molecular complexity index is 675. The molecular formula is C19H27NO3S. The van der Waals surface area contributed by atoms with Crippen molar-refractivity contribution in [1.82, 2.24) is 4.72 Å². The monoisotopic (exact) mass is 349 g/mol. The zero-order valence-electron chi connectivity index (χ0n) is 14.5. The van der Waals surface area contributed by atoms with Gasteiger partial charge in [0.05, 0.1) is 12.0 Å². The van der Waals surface area contributed by atoms with E-state index in [0.29, 0.717) is 10.6 Å². The van der Waals surface area contributed by atoms with Gasteiger partial charge in [-0.25, -0.2) is 13.1 Å². The van der Waals surface area contributed by atoms with Crippen molar-refractivity contribution in [2.45, 2.75) is 56.4 Å². The predicted molar refractivity (Wildman–Crippen MR) is 93.4 cm³/mol. The van der Waals surface area contributed by atoms with Crippen LogP contribution >= 0.6 is 0 Å². The molecule has 0 radical (unpaired) electrons. The smallest absolute Gasteiger partial charge is 0.240 e. The van der Waals surface area contributed by atoms with Crippen molar-refractivity contribution in [1.29, 1.82) is 0 Å². The zero-order valence-corrected chi connectivity index (χ0v) is 15.3. The van der Waals surface area contributed by atoms with Crippen molar-refractivity contribution in [2.24, 2.45) is 23.2 Å². The molecule has 4 aliphatic carbocycles. The first-order valence-corrected chi connectivity index (χ1v) is 10.5. The summed E-state index contributed by atoms with van der Waals surface area (Å²) in [5, 5.41) is 0. The van der Waals surface area contributed by atoms with Gasteiger partial charge in [-0.15, -0.1) is 0 Å². The van der Waals surface area contributed by atoms with Gasteiger partial charge in [0, 0.05) is 6.04 Å². The first kappa shape index (κ1) is 16.4. The van der Waals surface area contributed by atoms with Gasteiger partial charge in [-0.2, -0.15) is 0 Å². The minimum atomic E-state index is -3.48. The highest BCUT2D eigenvalue weighted by atomic mass is 32.2. The quantitative estimate of drug-likeness (QED) is 0.884. The molecule has 0 unspecified atom stereocenters. The summed E-state index contributed by atoms with van der Waals surface area (Å²) < 4.78 is 33.7. The van der Waals surface area contributed by atoms with Crippen LogP contribution in [0.2, 0.25) is 0 Å². The standard InChI is InChI=1S/C19H27NO3S/c1-13(19-10-14-7-15(11-19)9-16(8-14)12-19)20-24(21,22)18-5-3-17(23-2)4-6-18/h3-6,13-16,20H,7-12H2,1-2H3/t13-,14?,15?,16?,19?/m0/s1. The number of sulfonamides is 1. The third-order valence-electron chi connectivity index (χ3n) is 6.71. The molecule has 0 amide bonds. The topological polar surface area (TPSA) is 55.4 Å². The first-order chi connectivity index (χ1) is 11.4. The lowest BCUT2D eigenvalue weighted by molar-refractivity contribution is -0.0666. The van der Waals surface area contributed by atoms with E-state index < -0.39 is 10.0 Å². The molecule has 5 heteroatoms. The molecule has 1 N–H and O–H groups in total. The molecule has 0 saturated heterocycles. The first-order valence-electron chi connectivity index (χ1n) is 9.06. The summed E-state index contributed by atoms with van der Waals surface area (Å²) in [5.74, 6) is 3.14. The highest BCUT2D eigenvalue weighted by molar-refractivity contribution is 7.89. The minimum Gasteiger partial charge on any atom is -0.497 e. The molecule has 24 heavy (non-hydrogen) atoms. The zero-order chi connectivity index (χ0) is 16.9. The molecule has 0 aromatic heterocycles. The Morgan fingerprint density at radius 3 is 2.00 bits per heavy atom. The van der Waals surface area contributed by atoms with E-state index in [1.807, 2.05) is 0 Å². The third-order valence-corrected chi connectivity index (χ3v) is 8.26.